The maximum atomic E-state index is 12.3. The summed E-state index contributed by atoms with van der Waals surface area (Å²) in [6.45, 7) is 4.57. The maximum absolute atomic E-state index is 12.3. The zero-order valence-electron chi connectivity index (χ0n) is 17.0. The first-order valence-corrected chi connectivity index (χ1v) is 11.6. The molecule has 1 saturated heterocycles. The number of likely N-dealkylation sites (tertiary alicyclic amines) is 1. The minimum atomic E-state index is -3.37. The summed E-state index contributed by atoms with van der Waals surface area (Å²) in [7, 11) is -1.64. The highest BCUT2D eigenvalue weighted by Gasteiger charge is 2.28. The Hall–Kier alpha value is -2.39. The van der Waals surface area contributed by atoms with Gasteiger partial charge in [0, 0.05) is 45.6 Å². The van der Waals surface area contributed by atoms with Crippen LogP contribution in [0.15, 0.2) is 54.0 Å². The molecule has 1 fully saturated rings. The van der Waals surface area contributed by atoms with Crippen molar-refractivity contribution in [3.05, 3.63) is 54.6 Å². The van der Waals surface area contributed by atoms with Crippen LogP contribution in [0.1, 0.15) is 24.9 Å². The molecule has 0 radical (unpaired) electrons. The fourth-order valence-corrected chi connectivity index (χ4v) is 4.49. The Labute approximate surface area is 173 Å². The second-order valence-electron chi connectivity index (χ2n) is 7.39. The molecule has 8 nitrogen and oxygen atoms in total. The lowest BCUT2D eigenvalue weighted by Gasteiger charge is -2.39. The van der Waals surface area contributed by atoms with Gasteiger partial charge in [-0.25, -0.2) is 18.1 Å². The number of imidazole rings is 1. The van der Waals surface area contributed by atoms with Crippen LogP contribution in [-0.2, 0) is 16.6 Å². The Morgan fingerprint density at radius 2 is 2.10 bits per heavy atom. The molecular formula is C20H30N6O2S. The van der Waals surface area contributed by atoms with Gasteiger partial charge in [0.25, 0.3) is 0 Å². The Kier molecular flexibility index (Phi) is 7.27. The molecule has 2 unspecified atom stereocenters. The number of aliphatic imine (C=N–C) groups is 1. The van der Waals surface area contributed by atoms with Crippen LogP contribution in [0, 0.1) is 5.92 Å². The van der Waals surface area contributed by atoms with E-state index < -0.39 is 10.0 Å². The van der Waals surface area contributed by atoms with Gasteiger partial charge in [0.2, 0.25) is 10.0 Å². The van der Waals surface area contributed by atoms with E-state index in [4.69, 9.17) is 0 Å². The molecule has 0 aliphatic carbocycles. The highest BCUT2D eigenvalue weighted by molar-refractivity contribution is 7.89. The minimum absolute atomic E-state index is 0.00591. The first-order chi connectivity index (χ1) is 14.0. The topological polar surface area (TPSA) is 91.6 Å². The number of sulfonamides is 1. The van der Waals surface area contributed by atoms with E-state index in [1.54, 1.807) is 13.2 Å². The number of benzene rings is 1. The van der Waals surface area contributed by atoms with Crippen molar-refractivity contribution >= 4 is 16.0 Å². The van der Waals surface area contributed by atoms with E-state index in [0.717, 1.165) is 31.0 Å². The zero-order valence-corrected chi connectivity index (χ0v) is 17.8. The molecule has 0 spiro atoms. The van der Waals surface area contributed by atoms with Crippen molar-refractivity contribution in [2.24, 2.45) is 10.9 Å². The van der Waals surface area contributed by atoms with Crippen LogP contribution >= 0.6 is 0 Å². The predicted octanol–water partition coefficient (Wildman–Crippen LogP) is 1.46. The van der Waals surface area contributed by atoms with E-state index in [2.05, 4.69) is 36.4 Å². The molecule has 9 heteroatoms. The Morgan fingerprint density at radius 1 is 1.31 bits per heavy atom. The molecule has 2 heterocycles. The number of guanidine groups is 1. The van der Waals surface area contributed by atoms with Crippen molar-refractivity contribution in [2.45, 2.75) is 25.9 Å². The molecule has 158 valence electrons. The van der Waals surface area contributed by atoms with Crippen molar-refractivity contribution in [3.63, 3.8) is 0 Å². The quantitative estimate of drug-likeness (QED) is 0.525. The summed E-state index contributed by atoms with van der Waals surface area (Å²) in [5.41, 5.74) is 0.938. The number of nitrogens with one attached hydrogen (secondary N) is 2. The summed E-state index contributed by atoms with van der Waals surface area (Å²) in [6.07, 6.45) is 6.68. The van der Waals surface area contributed by atoms with Crippen molar-refractivity contribution in [2.75, 3.05) is 32.4 Å². The molecule has 1 aromatic carbocycles. The van der Waals surface area contributed by atoms with Gasteiger partial charge < -0.3 is 14.8 Å². The Balaban J connectivity index is 1.49. The third kappa shape index (κ3) is 6.04. The van der Waals surface area contributed by atoms with Gasteiger partial charge in [0.15, 0.2) is 5.96 Å². The summed E-state index contributed by atoms with van der Waals surface area (Å²) in [5.74, 6) is 1.27. The number of aromatic nitrogens is 2. The Morgan fingerprint density at radius 3 is 2.79 bits per heavy atom. The van der Waals surface area contributed by atoms with Gasteiger partial charge in [-0.2, -0.15) is 0 Å². The largest absolute Gasteiger partial charge is 0.355 e. The summed E-state index contributed by atoms with van der Waals surface area (Å²) in [6, 6.07) is 9.82. The summed E-state index contributed by atoms with van der Waals surface area (Å²) in [4.78, 5) is 10.7. The van der Waals surface area contributed by atoms with Gasteiger partial charge in [-0.3, -0.25) is 4.99 Å². The Bertz CT molecular complexity index is 883. The molecule has 0 amide bonds. The predicted molar refractivity (Wildman–Crippen MR) is 115 cm³/mol. The second-order valence-corrected chi connectivity index (χ2v) is 9.32. The molecule has 1 aromatic heterocycles. The lowest BCUT2D eigenvalue weighted by atomic mass is 9.93. The van der Waals surface area contributed by atoms with E-state index in [1.165, 1.54) is 0 Å². The first kappa shape index (κ1) is 21.3. The summed E-state index contributed by atoms with van der Waals surface area (Å²) < 4.78 is 29.4. The van der Waals surface area contributed by atoms with Gasteiger partial charge >= 0.3 is 0 Å². The normalized spacial score (nSPS) is 20.6. The second kappa shape index (κ2) is 9.89. The smallest absolute Gasteiger partial charge is 0.213 e. The first-order valence-electron chi connectivity index (χ1n) is 9.93. The fraction of sp³-hybridized carbons (Fsp3) is 0.500. The third-order valence-corrected chi connectivity index (χ3v) is 6.66. The molecule has 3 rings (SSSR count). The highest BCUT2D eigenvalue weighted by Crippen LogP contribution is 2.27. The van der Waals surface area contributed by atoms with Crippen LogP contribution in [0.4, 0.5) is 0 Å². The van der Waals surface area contributed by atoms with Crippen molar-refractivity contribution in [1.29, 1.82) is 0 Å². The van der Waals surface area contributed by atoms with E-state index in [0.29, 0.717) is 25.0 Å². The standard InChI is InChI=1S/C20H30N6O2S/c1-17-8-11-25(15-19(17)26-12-9-22-16-26)20(21-2)23-10-13-29(27,28)24-14-18-6-4-3-5-7-18/h3-7,9,12,16-17,19,24H,8,10-11,13-15H2,1-2H3,(H,21,23). The monoisotopic (exact) mass is 418 g/mol. The number of hydrogen-bond donors (Lipinski definition) is 2. The third-order valence-electron chi connectivity index (χ3n) is 5.33. The molecule has 1 aliphatic heterocycles. The van der Waals surface area contributed by atoms with Gasteiger partial charge in [-0.05, 0) is 17.9 Å². The van der Waals surface area contributed by atoms with Crippen molar-refractivity contribution in [1.82, 2.24) is 24.5 Å². The molecule has 0 saturated carbocycles. The summed E-state index contributed by atoms with van der Waals surface area (Å²) >= 11 is 0. The van der Waals surface area contributed by atoms with Gasteiger partial charge in [0.05, 0.1) is 18.1 Å². The number of piperidine rings is 1. The lowest BCUT2D eigenvalue weighted by Crippen LogP contribution is -2.50. The van der Waals surface area contributed by atoms with Crippen LogP contribution in [-0.4, -0.2) is 61.3 Å². The maximum Gasteiger partial charge on any atom is 0.213 e. The molecule has 2 N–H and O–H groups in total. The highest BCUT2D eigenvalue weighted by atomic mass is 32.2. The number of rotatable bonds is 7. The molecule has 2 atom stereocenters. The van der Waals surface area contributed by atoms with Crippen molar-refractivity contribution in [3.8, 4) is 0 Å². The number of nitrogens with zero attached hydrogens (tertiary/aromatic N) is 4. The SMILES string of the molecule is CN=C(NCCS(=O)(=O)NCc1ccccc1)N1CCC(C)C(n2ccnc2)C1. The molecule has 1 aliphatic rings. The van der Waals surface area contributed by atoms with Gasteiger partial charge in [0.1, 0.15) is 0 Å². The van der Waals surface area contributed by atoms with E-state index in [-0.39, 0.29) is 5.75 Å². The van der Waals surface area contributed by atoms with E-state index >= 15 is 0 Å². The fourth-order valence-electron chi connectivity index (χ4n) is 3.59. The van der Waals surface area contributed by atoms with Crippen LogP contribution in [0.25, 0.3) is 0 Å². The molecular weight excluding hydrogens is 388 g/mol. The minimum Gasteiger partial charge on any atom is -0.355 e. The molecule has 0 bridgehead atoms. The van der Waals surface area contributed by atoms with Crippen molar-refractivity contribution < 1.29 is 8.42 Å². The lowest BCUT2D eigenvalue weighted by molar-refractivity contribution is 0.189. The van der Waals surface area contributed by atoms with Crippen LogP contribution in [0.3, 0.4) is 0 Å². The molecule has 29 heavy (non-hydrogen) atoms. The van der Waals surface area contributed by atoms with E-state index in [1.807, 2.05) is 42.9 Å². The average Bonchev–Trinajstić information content (AvgIpc) is 3.26. The van der Waals surface area contributed by atoms with Crippen LogP contribution in [0.2, 0.25) is 0 Å². The number of hydrogen-bond acceptors (Lipinski definition) is 4. The van der Waals surface area contributed by atoms with Gasteiger partial charge in [-0.1, -0.05) is 37.3 Å². The molecule has 2 aromatic rings. The summed E-state index contributed by atoms with van der Waals surface area (Å²) in [5, 5.41) is 3.21. The van der Waals surface area contributed by atoms with Crippen LogP contribution < -0.4 is 10.0 Å². The van der Waals surface area contributed by atoms with Gasteiger partial charge in [-0.15, -0.1) is 0 Å². The zero-order chi connectivity index (χ0) is 20.7. The average molecular weight is 419 g/mol. The van der Waals surface area contributed by atoms with Crippen LogP contribution in [0.5, 0.6) is 0 Å². The van der Waals surface area contributed by atoms with E-state index in [9.17, 15) is 8.42 Å².